The van der Waals surface area contributed by atoms with Crippen LogP contribution in [0.25, 0.3) is 10.9 Å². The van der Waals surface area contributed by atoms with Crippen LogP contribution in [0.3, 0.4) is 0 Å². The maximum Gasteiger partial charge on any atom is 0.122 e. The van der Waals surface area contributed by atoms with E-state index in [1.54, 1.807) is 7.11 Å². The maximum absolute atomic E-state index is 5.92. The van der Waals surface area contributed by atoms with E-state index in [9.17, 15) is 0 Å². The number of nitrogens with zero attached hydrogens (tertiary/aromatic N) is 1. The topological polar surface area (TPSA) is 43.4 Å². The lowest BCUT2D eigenvalue weighted by Crippen LogP contribution is -2.14. The first-order valence-corrected chi connectivity index (χ1v) is 9.82. The first-order valence-electron chi connectivity index (χ1n) is 8.77. The predicted molar refractivity (Wildman–Crippen MR) is 107 cm³/mol. The molecule has 4 rings (SSSR count). The molecule has 2 aromatic carbocycles. The van der Waals surface area contributed by atoms with Crippen LogP contribution in [-0.4, -0.2) is 29.8 Å². The van der Waals surface area contributed by atoms with Crippen molar-refractivity contribution in [3.8, 4) is 11.5 Å². The molecule has 0 radical (unpaired) electrons. The number of methoxy groups -OCH3 is 1. The van der Waals surface area contributed by atoms with Gasteiger partial charge in [0.2, 0.25) is 0 Å². The highest BCUT2D eigenvalue weighted by molar-refractivity contribution is 8.00. The average molecular weight is 366 g/mol. The Morgan fingerprint density at radius 3 is 2.69 bits per heavy atom. The molecule has 4 nitrogen and oxygen atoms in total. The van der Waals surface area contributed by atoms with Gasteiger partial charge in [0.25, 0.3) is 0 Å². The van der Waals surface area contributed by atoms with Crippen molar-refractivity contribution in [3.05, 3.63) is 65.9 Å². The number of hydrogen-bond acceptors (Lipinski definition) is 5. The summed E-state index contributed by atoms with van der Waals surface area (Å²) in [6.45, 7) is 1.61. The monoisotopic (exact) mass is 366 g/mol. The summed E-state index contributed by atoms with van der Waals surface area (Å²) in [4.78, 5) is 4.64. The third-order valence-electron chi connectivity index (χ3n) is 4.53. The Morgan fingerprint density at radius 1 is 1.08 bits per heavy atom. The van der Waals surface area contributed by atoms with Crippen molar-refractivity contribution >= 4 is 22.7 Å². The number of pyridine rings is 1. The van der Waals surface area contributed by atoms with Crippen LogP contribution >= 0.6 is 11.8 Å². The van der Waals surface area contributed by atoms with Gasteiger partial charge in [-0.3, -0.25) is 4.98 Å². The molecule has 26 heavy (non-hydrogen) atoms. The van der Waals surface area contributed by atoms with Gasteiger partial charge >= 0.3 is 0 Å². The zero-order valence-electron chi connectivity index (χ0n) is 14.8. The van der Waals surface area contributed by atoms with Gasteiger partial charge < -0.3 is 14.8 Å². The summed E-state index contributed by atoms with van der Waals surface area (Å²) in [7, 11) is 1.67. The third kappa shape index (κ3) is 4.11. The van der Waals surface area contributed by atoms with Crippen LogP contribution in [0.4, 0.5) is 0 Å². The fourth-order valence-electron chi connectivity index (χ4n) is 3.09. The second-order valence-corrected chi connectivity index (χ2v) is 7.71. The number of nitrogens with one attached hydrogen (secondary N) is 1. The first kappa shape index (κ1) is 17.2. The number of ether oxygens (including phenoxy) is 2. The number of aromatic nitrogens is 1. The van der Waals surface area contributed by atoms with Crippen LogP contribution in [0.2, 0.25) is 0 Å². The van der Waals surface area contributed by atoms with E-state index in [0.717, 1.165) is 46.8 Å². The van der Waals surface area contributed by atoms with E-state index in [-0.39, 0.29) is 0 Å². The molecule has 134 valence electrons. The molecule has 1 unspecified atom stereocenters. The fraction of sp³-hybridized carbons (Fsp3) is 0.286. The van der Waals surface area contributed by atoms with Crippen molar-refractivity contribution in [2.75, 3.05) is 19.5 Å². The Labute approximate surface area is 157 Å². The number of rotatable bonds is 6. The van der Waals surface area contributed by atoms with Crippen molar-refractivity contribution in [1.29, 1.82) is 0 Å². The van der Waals surface area contributed by atoms with E-state index in [4.69, 9.17) is 9.47 Å². The Hall–Kier alpha value is -2.24. The van der Waals surface area contributed by atoms with Crippen molar-refractivity contribution in [1.82, 2.24) is 10.3 Å². The van der Waals surface area contributed by atoms with Crippen LogP contribution in [0, 0.1) is 0 Å². The molecule has 1 aromatic heterocycles. The molecule has 1 aliphatic rings. The third-order valence-corrected chi connectivity index (χ3v) is 5.71. The van der Waals surface area contributed by atoms with Gasteiger partial charge in [-0.2, -0.15) is 0 Å². The zero-order chi connectivity index (χ0) is 17.8. The molecule has 3 aromatic rings. The lowest BCUT2D eigenvalue weighted by molar-refractivity contribution is 0.306. The first-order chi connectivity index (χ1) is 12.8. The molecule has 0 bridgehead atoms. The highest BCUT2D eigenvalue weighted by atomic mass is 32.2. The molecule has 5 heteroatoms. The van der Waals surface area contributed by atoms with Crippen LogP contribution in [0.1, 0.15) is 11.1 Å². The van der Waals surface area contributed by atoms with Gasteiger partial charge in [-0.1, -0.05) is 12.1 Å². The van der Waals surface area contributed by atoms with E-state index in [1.807, 2.05) is 54.4 Å². The smallest absolute Gasteiger partial charge is 0.122 e. The van der Waals surface area contributed by atoms with Gasteiger partial charge in [-0.05, 0) is 47.9 Å². The maximum atomic E-state index is 5.92. The molecule has 0 aliphatic carbocycles. The van der Waals surface area contributed by atoms with E-state index in [0.29, 0.717) is 11.9 Å². The standard InChI is InChI=1S/C21H22N2O2S/c1-24-18-5-2-15(3-6-18)13-25-19-7-4-17-8-16(11-23-21(17)10-19)9-20-12-22-14-26-20/h2-8,10-11,20,22H,9,12-14H2,1H3. The van der Waals surface area contributed by atoms with Crippen LogP contribution in [0.5, 0.6) is 11.5 Å². The van der Waals surface area contributed by atoms with E-state index < -0.39 is 0 Å². The highest BCUT2D eigenvalue weighted by Crippen LogP contribution is 2.24. The molecule has 0 spiro atoms. The Morgan fingerprint density at radius 2 is 1.92 bits per heavy atom. The lowest BCUT2D eigenvalue weighted by atomic mass is 10.1. The Bertz CT molecular complexity index is 877. The zero-order valence-corrected chi connectivity index (χ0v) is 15.6. The van der Waals surface area contributed by atoms with Crippen LogP contribution < -0.4 is 14.8 Å². The Kier molecular flexibility index (Phi) is 5.27. The largest absolute Gasteiger partial charge is 0.497 e. The fourth-order valence-corrected chi connectivity index (χ4v) is 4.10. The summed E-state index contributed by atoms with van der Waals surface area (Å²) < 4.78 is 11.1. The van der Waals surface area contributed by atoms with Gasteiger partial charge in [-0.25, -0.2) is 0 Å². The van der Waals surface area contributed by atoms with Crippen molar-refractivity contribution in [3.63, 3.8) is 0 Å². The molecular weight excluding hydrogens is 344 g/mol. The predicted octanol–water partition coefficient (Wildman–Crippen LogP) is 4.03. The highest BCUT2D eigenvalue weighted by Gasteiger charge is 2.15. The van der Waals surface area contributed by atoms with Gasteiger partial charge in [0.15, 0.2) is 0 Å². The van der Waals surface area contributed by atoms with Gasteiger partial charge in [-0.15, -0.1) is 11.8 Å². The molecule has 0 amide bonds. The molecule has 1 atom stereocenters. The van der Waals surface area contributed by atoms with E-state index in [1.165, 1.54) is 5.56 Å². The molecule has 1 fully saturated rings. The van der Waals surface area contributed by atoms with E-state index in [2.05, 4.69) is 22.4 Å². The summed E-state index contributed by atoms with van der Waals surface area (Å²) in [5, 5.41) is 5.21. The van der Waals surface area contributed by atoms with Crippen LogP contribution in [0.15, 0.2) is 54.7 Å². The minimum Gasteiger partial charge on any atom is -0.497 e. The second kappa shape index (κ2) is 7.98. The summed E-state index contributed by atoms with van der Waals surface area (Å²) >= 11 is 1.99. The minimum absolute atomic E-state index is 0.527. The molecule has 1 aliphatic heterocycles. The van der Waals surface area contributed by atoms with Gasteiger partial charge in [0.05, 0.1) is 12.6 Å². The number of benzene rings is 2. The normalized spacial score (nSPS) is 16.7. The van der Waals surface area contributed by atoms with Crippen molar-refractivity contribution in [2.45, 2.75) is 18.3 Å². The summed E-state index contributed by atoms with van der Waals surface area (Å²) in [5.74, 6) is 2.75. The quantitative estimate of drug-likeness (QED) is 0.714. The Balaban J connectivity index is 1.43. The summed E-state index contributed by atoms with van der Waals surface area (Å²) in [6, 6.07) is 16.3. The van der Waals surface area contributed by atoms with Gasteiger partial charge in [0, 0.05) is 35.3 Å². The number of thioether (sulfide) groups is 1. The minimum atomic E-state index is 0.527. The number of hydrogen-bond donors (Lipinski definition) is 1. The molecule has 1 saturated heterocycles. The summed E-state index contributed by atoms with van der Waals surface area (Å²) in [5.41, 5.74) is 3.38. The second-order valence-electron chi connectivity index (χ2n) is 6.43. The molecule has 2 heterocycles. The molecule has 0 saturated carbocycles. The van der Waals surface area contributed by atoms with E-state index >= 15 is 0 Å². The van der Waals surface area contributed by atoms with Crippen LogP contribution in [-0.2, 0) is 13.0 Å². The van der Waals surface area contributed by atoms with Gasteiger partial charge in [0.1, 0.15) is 18.1 Å². The lowest BCUT2D eigenvalue weighted by Gasteiger charge is -2.10. The summed E-state index contributed by atoms with van der Waals surface area (Å²) in [6.07, 6.45) is 3.06. The average Bonchev–Trinajstić information content (AvgIpc) is 3.19. The van der Waals surface area contributed by atoms with Crippen molar-refractivity contribution < 1.29 is 9.47 Å². The van der Waals surface area contributed by atoms with Crippen molar-refractivity contribution in [2.24, 2.45) is 0 Å². The number of fused-ring (bicyclic) bond motifs is 1. The molecular formula is C21H22N2O2S. The molecule has 1 N–H and O–H groups in total. The SMILES string of the molecule is COc1ccc(COc2ccc3cc(CC4CNCS4)cnc3c2)cc1.